The van der Waals surface area contributed by atoms with E-state index >= 15 is 0 Å². The molecule has 0 aliphatic carbocycles. The van der Waals surface area contributed by atoms with Crippen LogP contribution in [0.15, 0.2) is 29.3 Å². The van der Waals surface area contributed by atoms with Gasteiger partial charge in [0.1, 0.15) is 0 Å². The largest absolute Gasteiger partial charge is 0.416 e. The average molecular weight is 344 g/mol. The number of benzene rings is 1. The van der Waals surface area contributed by atoms with Gasteiger partial charge in [-0.05, 0) is 24.3 Å². The van der Waals surface area contributed by atoms with E-state index in [2.05, 4.69) is 10.3 Å². The Balaban J connectivity index is 1.78. The molecule has 1 amide bonds. The topological polar surface area (TPSA) is 79.9 Å². The number of nitrogens with one attached hydrogen (secondary N) is 1. The third-order valence-corrected chi connectivity index (χ3v) is 3.48. The van der Waals surface area contributed by atoms with Gasteiger partial charge in [0.25, 0.3) is 5.91 Å². The molecular weight excluding hydrogens is 325 g/mol. The number of halogens is 3. The molecule has 3 N–H and O–H groups in total. The number of ether oxygens (including phenoxy) is 1. The molecular formula is C15H19F3N4O2. The summed E-state index contributed by atoms with van der Waals surface area (Å²) < 4.78 is 42.6. The number of amides is 1. The second-order valence-electron chi connectivity index (χ2n) is 5.17. The van der Waals surface area contributed by atoms with Gasteiger partial charge in [0.05, 0.1) is 25.3 Å². The fourth-order valence-corrected chi connectivity index (χ4v) is 2.14. The lowest BCUT2D eigenvalue weighted by molar-refractivity contribution is -0.137. The molecule has 1 heterocycles. The smallest absolute Gasteiger partial charge is 0.378 e. The molecule has 0 spiro atoms. The van der Waals surface area contributed by atoms with E-state index in [0.717, 1.165) is 24.3 Å². The summed E-state index contributed by atoms with van der Waals surface area (Å²) in [7, 11) is 0. The van der Waals surface area contributed by atoms with Crippen LogP contribution in [0.2, 0.25) is 0 Å². The van der Waals surface area contributed by atoms with Gasteiger partial charge in [0.15, 0.2) is 5.96 Å². The Morgan fingerprint density at radius 1 is 1.25 bits per heavy atom. The number of carbonyl (C=O) groups is 1. The number of rotatable bonds is 4. The normalized spacial score (nSPS) is 16.1. The van der Waals surface area contributed by atoms with Crippen molar-refractivity contribution in [3.63, 3.8) is 0 Å². The molecule has 1 aromatic carbocycles. The Bertz CT molecular complexity index is 581. The summed E-state index contributed by atoms with van der Waals surface area (Å²) in [5, 5.41) is 2.59. The SMILES string of the molecule is NC(=NCCNC(=O)c1ccc(C(F)(F)F)cc1)N1CCOCC1. The lowest BCUT2D eigenvalue weighted by atomic mass is 10.1. The maximum Gasteiger partial charge on any atom is 0.416 e. The Morgan fingerprint density at radius 3 is 2.46 bits per heavy atom. The molecule has 9 heteroatoms. The van der Waals surface area contributed by atoms with Crippen molar-refractivity contribution in [3.05, 3.63) is 35.4 Å². The molecule has 1 aromatic rings. The maximum atomic E-state index is 12.5. The molecule has 0 saturated carbocycles. The van der Waals surface area contributed by atoms with Crippen LogP contribution in [0, 0.1) is 0 Å². The minimum atomic E-state index is -4.42. The van der Waals surface area contributed by atoms with E-state index in [1.54, 1.807) is 0 Å². The fourth-order valence-electron chi connectivity index (χ4n) is 2.14. The van der Waals surface area contributed by atoms with Crippen LogP contribution in [0.3, 0.4) is 0 Å². The van der Waals surface area contributed by atoms with Crippen molar-refractivity contribution in [2.45, 2.75) is 6.18 Å². The summed E-state index contributed by atoms with van der Waals surface area (Å²) >= 11 is 0. The van der Waals surface area contributed by atoms with Gasteiger partial charge in [-0.2, -0.15) is 13.2 Å². The Hall–Kier alpha value is -2.29. The number of alkyl halides is 3. The van der Waals surface area contributed by atoms with Crippen molar-refractivity contribution in [1.82, 2.24) is 10.2 Å². The average Bonchev–Trinajstić information content (AvgIpc) is 2.58. The molecule has 0 unspecified atom stereocenters. The molecule has 1 aliphatic heterocycles. The summed E-state index contributed by atoms with van der Waals surface area (Å²) in [4.78, 5) is 17.9. The first-order valence-electron chi connectivity index (χ1n) is 7.46. The molecule has 0 aromatic heterocycles. The summed E-state index contributed by atoms with van der Waals surface area (Å²) in [6, 6.07) is 4.04. The van der Waals surface area contributed by atoms with Crippen LogP contribution >= 0.6 is 0 Å². The minimum absolute atomic E-state index is 0.160. The predicted molar refractivity (Wildman–Crippen MR) is 82.7 cm³/mol. The molecule has 6 nitrogen and oxygen atoms in total. The van der Waals surface area contributed by atoms with E-state index in [9.17, 15) is 18.0 Å². The van der Waals surface area contributed by atoms with Gasteiger partial charge in [-0.15, -0.1) is 0 Å². The third-order valence-electron chi connectivity index (χ3n) is 3.48. The molecule has 1 saturated heterocycles. The van der Waals surface area contributed by atoms with Crippen molar-refractivity contribution < 1.29 is 22.7 Å². The van der Waals surface area contributed by atoms with Crippen LogP contribution in [0.4, 0.5) is 13.2 Å². The zero-order valence-electron chi connectivity index (χ0n) is 13.0. The van der Waals surface area contributed by atoms with Crippen molar-refractivity contribution in [1.29, 1.82) is 0 Å². The number of nitrogens with zero attached hydrogens (tertiary/aromatic N) is 2. The summed E-state index contributed by atoms with van der Waals surface area (Å²) in [6.07, 6.45) is -4.42. The van der Waals surface area contributed by atoms with E-state index in [1.165, 1.54) is 0 Å². The van der Waals surface area contributed by atoms with Gasteiger partial charge in [-0.1, -0.05) is 0 Å². The predicted octanol–water partition coefficient (Wildman–Crippen LogP) is 1.08. The number of hydrogen-bond acceptors (Lipinski definition) is 3. The first-order chi connectivity index (χ1) is 11.4. The highest BCUT2D eigenvalue weighted by atomic mass is 19.4. The maximum absolute atomic E-state index is 12.5. The van der Waals surface area contributed by atoms with Crippen molar-refractivity contribution in [3.8, 4) is 0 Å². The van der Waals surface area contributed by atoms with Crippen LogP contribution in [0.5, 0.6) is 0 Å². The minimum Gasteiger partial charge on any atom is -0.378 e. The van der Waals surface area contributed by atoms with E-state index < -0.39 is 17.6 Å². The second kappa shape index (κ2) is 8.00. The molecule has 0 bridgehead atoms. The molecule has 2 rings (SSSR count). The highest BCUT2D eigenvalue weighted by Gasteiger charge is 2.30. The van der Waals surface area contributed by atoms with E-state index in [-0.39, 0.29) is 18.7 Å². The number of aliphatic imine (C=N–C) groups is 1. The van der Waals surface area contributed by atoms with Gasteiger partial charge >= 0.3 is 6.18 Å². The van der Waals surface area contributed by atoms with Gasteiger partial charge in [0.2, 0.25) is 0 Å². The fraction of sp³-hybridized carbons (Fsp3) is 0.467. The van der Waals surface area contributed by atoms with Crippen molar-refractivity contribution in [2.75, 3.05) is 39.4 Å². The van der Waals surface area contributed by atoms with E-state index in [4.69, 9.17) is 10.5 Å². The van der Waals surface area contributed by atoms with Gasteiger partial charge in [-0.25, -0.2) is 0 Å². The number of carbonyl (C=O) groups excluding carboxylic acids is 1. The molecule has 132 valence electrons. The lowest BCUT2D eigenvalue weighted by Crippen LogP contribution is -2.45. The van der Waals surface area contributed by atoms with Crippen LogP contribution in [-0.2, 0) is 10.9 Å². The number of guanidine groups is 1. The Morgan fingerprint density at radius 2 is 1.88 bits per heavy atom. The Labute approximate surface area is 137 Å². The third kappa shape index (κ3) is 5.12. The van der Waals surface area contributed by atoms with Gasteiger partial charge in [-0.3, -0.25) is 9.79 Å². The molecule has 0 radical (unpaired) electrons. The van der Waals surface area contributed by atoms with Crippen molar-refractivity contribution in [2.24, 2.45) is 10.7 Å². The van der Waals surface area contributed by atoms with Crippen LogP contribution in [0.25, 0.3) is 0 Å². The van der Waals surface area contributed by atoms with Crippen LogP contribution < -0.4 is 11.1 Å². The van der Waals surface area contributed by atoms with Crippen molar-refractivity contribution >= 4 is 11.9 Å². The van der Waals surface area contributed by atoms with Crippen LogP contribution in [-0.4, -0.2) is 56.2 Å². The summed E-state index contributed by atoms with van der Waals surface area (Å²) in [5.41, 5.74) is 5.21. The van der Waals surface area contributed by atoms with E-state index in [0.29, 0.717) is 32.3 Å². The lowest BCUT2D eigenvalue weighted by Gasteiger charge is -2.27. The second-order valence-corrected chi connectivity index (χ2v) is 5.17. The summed E-state index contributed by atoms with van der Waals surface area (Å²) in [6.45, 7) is 3.07. The summed E-state index contributed by atoms with van der Waals surface area (Å²) in [5.74, 6) is -0.0639. The highest BCUT2D eigenvalue weighted by Crippen LogP contribution is 2.28. The molecule has 1 aliphatic rings. The highest BCUT2D eigenvalue weighted by molar-refractivity contribution is 5.94. The monoisotopic (exact) mass is 344 g/mol. The quantitative estimate of drug-likeness (QED) is 0.487. The number of morpholine rings is 1. The van der Waals surface area contributed by atoms with Gasteiger partial charge in [0, 0.05) is 25.2 Å². The number of nitrogens with two attached hydrogens (primary N) is 1. The zero-order valence-corrected chi connectivity index (χ0v) is 13.0. The van der Waals surface area contributed by atoms with Gasteiger partial charge < -0.3 is 20.7 Å². The zero-order chi connectivity index (χ0) is 17.6. The number of hydrogen-bond donors (Lipinski definition) is 2. The first-order valence-corrected chi connectivity index (χ1v) is 7.46. The molecule has 1 fully saturated rings. The molecule has 0 atom stereocenters. The molecule has 24 heavy (non-hydrogen) atoms. The van der Waals surface area contributed by atoms with E-state index in [1.807, 2.05) is 4.90 Å². The van der Waals surface area contributed by atoms with Crippen LogP contribution in [0.1, 0.15) is 15.9 Å². The Kier molecular flexibility index (Phi) is 6.02. The first kappa shape index (κ1) is 18.1. The standard InChI is InChI=1S/C15H19F3N4O2/c16-15(17,18)12-3-1-11(2-4-12)13(23)20-5-6-21-14(19)22-7-9-24-10-8-22/h1-4H,5-10H2,(H2,19,21)(H,20,23).